The highest BCUT2D eigenvalue weighted by Crippen LogP contribution is 2.30. The standard InChI is InChI=1S/C22H25N3O7/c1-30-16-7-9-20(31-2)18(13-16)23-21(26)14-32-22(27)17-12-15(25(28)29)6-8-19(17)24-10-4-3-5-11-24/h6-9,12-13H,3-5,10-11,14H2,1-2H3,(H,23,26). The number of methoxy groups -OCH3 is 2. The van der Waals surface area contributed by atoms with Crippen LogP contribution in [-0.2, 0) is 9.53 Å². The van der Waals surface area contributed by atoms with E-state index in [2.05, 4.69) is 5.32 Å². The average molecular weight is 443 g/mol. The number of nitro groups is 1. The summed E-state index contributed by atoms with van der Waals surface area (Å²) < 4.78 is 15.5. The Balaban J connectivity index is 1.73. The van der Waals surface area contributed by atoms with Crippen LogP contribution in [0.2, 0.25) is 0 Å². The molecule has 1 N–H and O–H groups in total. The minimum atomic E-state index is -0.804. The first-order valence-corrected chi connectivity index (χ1v) is 10.2. The molecule has 1 saturated heterocycles. The van der Waals surface area contributed by atoms with Crippen molar-refractivity contribution in [3.63, 3.8) is 0 Å². The second kappa shape index (κ2) is 10.5. The molecular weight excluding hydrogens is 418 g/mol. The Kier molecular flexibility index (Phi) is 7.48. The first-order chi connectivity index (χ1) is 15.4. The van der Waals surface area contributed by atoms with Gasteiger partial charge in [-0.25, -0.2) is 4.79 Å². The number of carbonyl (C=O) groups is 2. The summed E-state index contributed by atoms with van der Waals surface area (Å²) >= 11 is 0. The van der Waals surface area contributed by atoms with Crippen LogP contribution in [0, 0.1) is 10.1 Å². The van der Waals surface area contributed by atoms with E-state index in [0.29, 0.717) is 22.9 Å². The summed E-state index contributed by atoms with van der Waals surface area (Å²) in [5.74, 6) is -0.464. The number of nitro benzene ring substituents is 1. The molecule has 0 atom stereocenters. The summed E-state index contributed by atoms with van der Waals surface area (Å²) in [6, 6.07) is 9.00. The SMILES string of the molecule is COc1ccc(OC)c(NC(=O)COC(=O)c2cc([N+](=O)[O-])ccc2N2CCCCC2)c1. The van der Waals surface area contributed by atoms with Crippen molar-refractivity contribution in [1.29, 1.82) is 0 Å². The molecule has 1 aliphatic rings. The Hall–Kier alpha value is -3.82. The largest absolute Gasteiger partial charge is 0.497 e. The Morgan fingerprint density at radius 1 is 1.06 bits per heavy atom. The number of carbonyl (C=O) groups excluding carboxylic acids is 2. The van der Waals surface area contributed by atoms with E-state index in [0.717, 1.165) is 32.4 Å². The zero-order valence-corrected chi connectivity index (χ0v) is 18.0. The fraction of sp³-hybridized carbons (Fsp3) is 0.364. The fourth-order valence-electron chi connectivity index (χ4n) is 3.52. The number of non-ortho nitro benzene ring substituents is 1. The number of hydrogen-bond acceptors (Lipinski definition) is 8. The van der Waals surface area contributed by atoms with Crippen molar-refractivity contribution in [3.8, 4) is 11.5 Å². The highest BCUT2D eigenvalue weighted by atomic mass is 16.6. The van der Waals surface area contributed by atoms with Gasteiger partial charge in [0.15, 0.2) is 6.61 Å². The second-order valence-electron chi connectivity index (χ2n) is 7.20. The molecule has 0 aliphatic carbocycles. The number of nitrogens with one attached hydrogen (secondary N) is 1. The topological polar surface area (TPSA) is 120 Å². The molecule has 1 aliphatic heterocycles. The smallest absolute Gasteiger partial charge is 0.341 e. The normalized spacial score (nSPS) is 13.2. The van der Waals surface area contributed by atoms with Gasteiger partial charge in [0, 0.05) is 31.3 Å². The zero-order valence-electron chi connectivity index (χ0n) is 18.0. The van der Waals surface area contributed by atoms with Gasteiger partial charge < -0.3 is 24.4 Å². The summed E-state index contributed by atoms with van der Waals surface area (Å²) in [5.41, 5.74) is 0.767. The lowest BCUT2D eigenvalue weighted by molar-refractivity contribution is -0.384. The molecule has 0 spiro atoms. The van der Waals surface area contributed by atoms with Crippen molar-refractivity contribution >= 4 is 28.9 Å². The summed E-state index contributed by atoms with van der Waals surface area (Å²) in [6.45, 7) is 0.920. The molecule has 1 heterocycles. The van der Waals surface area contributed by atoms with Gasteiger partial charge in [-0.15, -0.1) is 0 Å². The van der Waals surface area contributed by atoms with Crippen LogP contribution in [0.15, 0.2) is 36.4 Å². The van der Waals surface area contributed by atoms with Gasteiger partial charge >= 0.3 is 5.97 Å². The van der Waals surface area contributed by atoms with Gasteiger partial charge in [0.2, 0.25) is 0 Å². The molecule has 1 amide bonds. The molecule has 3 rings (SSSR count). The van der Waals surface area contributed by atoms with E-state index >= 15 is 0 Å². The molecule has 2 aromatic rings. The van der Waals surface area contributed by atoms with Crippen molar-refractivity contribution in [2.45, 2.75) is 19.3 Å². The molecule has 0 radical (unpaired) electrons. The Bertz CT molecular complexity index is 1000. The van der Waals surface area contributed by atoms with Crippen LogP contribution in [0.5, 0.6) is 11.5 Å². The maximum atomic E-state index is 12.8. The predicted molar refractivity (Wildman–Crippen MR) is 118 cm³/mol. The van der Waals surface area contributed by atoms with Crippen LogP contribution < -0.4 is 19.7 Å². The molecule has 0 bridgehead atoms. The first-order valence-electron chi connectivity index (χ1n) is 10.2. The lowest BCUT2D eigenvalue weighted by Crippen LogP contribution is -2.31. The number of hydrogen-bond donors (Lipinski definition) is 1. The third-order valence-electron chi connectivity index (χ3n) is 5.12. The van der Waals surface area contributed by atoms with Gasteiger partial charge in [-0.1, -0.05) is 0 Å². The van der Waals surface area contributed by atoms with Gasteiger partial charge in [0.1, 0.15) is 11.5 Å². The average Bonchev–Trinajstić information content (AvgIpc) is 2.82. The van der Waals surface area contributed by atoms with Crippen molar-refractivity contribution in [2.24, 2.45) is 0 Å². The molecule has 0 aromatic heterocycles. The van der Waals surface area contributed by atoms with Crippen LogP contribution in [0.1, 0.15) is 29.6 Å². The highest BCUT2D eigenvalue weighted by molar-refractivity contribution is 5.99. The van der Waals surface area contributed by atoms with Crippen molar-refractivity contribution in [1.82, 2.24) is 0 Å². The molecule has 1 fully saturated rings. The monoisotopic (exact) mass is 443 g/mol. The van der Waals surface area contributed by atoms with E-state index in [1.807, 2.05) is 4.90 Å². The number of nitrogens with zero attached hydrogens (tertiary/aromatic N) is 2. The Morgan fingerprint density at radius 2 is 1.81 bits per heavy atom. The van der Waals surface area contributed by atoms with Crippen LogP contribution in [0.4, 0.5) is 17.1 Å². The second-order valence-corrected chi connectivity index (χ2v) is 7.20. The number of benzene rings is 2. The van der Waals surface area contributed by atoms with Crippen LogP contribution in [-0.4, -0.2) is 50.7 Å². The quantitative estimate of drug-likeness (QED) is 0.374. The van der Waals surface area contributed by atoms with Crippen molar-refractivity contribution in [3.05, 3.63) is 52.1 Å². The van der Waals surface area contributed by atoms with Crippen molar-refractivity contribution < 1.29 is 28.7 Å². The minimum Gasteiger partial charge on any atom is -0.497 e. The number of rotatable bonds is 8. The summed E-state index contributed by atoms with van der Waals surface area (Å²) in [7, 11) is 2.95. The van der Waals surface area contributed by atoms with Gasteiger partial charge in [0.25, 0.3) is 11.6 Å². The third kappa shape index (κ3) is 5.45. The Morgan fingerprint density at radius 3 is 2.47 bits per heavy atom. The maximum Gasteiger partial charge on any atom is 0.341 e. The van der Waals surface area contributed by atoms with Crippen LogP contribution in [0.3, 0.4) is 0 Å². The minimum absolute atomic E-state index is 0.0628. The predicted octanol–water partition coefficient (Wildman–Crippen LogP) is 3.40. The zero-order chi connectivity index (χ0) is 23.1. The molecule has 10 heteroatoms. The van der Waals surface area contributed by atoms with Gasteiger partial charge in [-0.05, 0) is 37.5 Å². The van der Waals surface area contributed by atoms with E-state index in [1.165, 1.54) is 26.4 Å². The fourth-order valence-corrected chi connectivity index (χ4v) is 3.52. The van der Waals surface area contributed by atoms with Gasteiger partial charge in [0.05, 0.1) is 36.1 Å². The van der Waals surface area contributed by atoms with Gasteiger partial charge in [-0.3, -0.25) is 14.9 Å². The van der Waals surface area contributed by atoms with E-state index in [9.17, 15) is 19.7 Å². The van der Waals surface area contributed by atoms with Crippen molar-refractivity contribution in [2.75, 3.05) is 44.1 Å². The molecule has 10 nitrogen and oxygen atoms in total. The van der Waals surface area contributed by atoms with E-state index < -0.39 is 23.4 Å². The van der Waals surface area contributed by atoms with E-state index in [-0.39, 0.29) is 11.3 Å². The summed E-state index contributed by atoms with van der Waals surface area (Å²) in [5, 5.41) is 13.8. The number of anilines is 2. The summed E-state index contributed by atoms with van der Waals surface area (Å²) in [4.78, 5) is 37.8. The van der Waals surface area contributed by atoms with Crippen LogP contribution >= 0.6 is 0 Å². The van der Waals surface area contributed by atoms with Crippen LogP contribution in [0.25, 0.3) is 0 Å². The number of piperidine rings is 1. The number of amides is 1. The lowest BCUT2D eigenvalue weighted by atomic mass is 10.1. The number of esters is 1. The van der Waals surface area contributed by atoms with Gasteiger partial charge in [-0.2, -0.15) is 0 Å². The third-order valence-corrected chi connectivity index (χ3v) is 5.12. The molecule has 0 unspecified atom stereocenters. The molecular formula is C22H25N3O7. The lowest BCUT2D eigenvalue weighted by Gasteiger charge is -2.30. The highest BCUT2D eigenvalue weighted by Gasteiger charge is 2.23. The molecule has 2 aromatic carbocycles. The molecule has 32 heavy (non-hydrogen) atoms. The molecule has 0 saturated carbocycles. The summed E-state index contributed by atoms with van der Waals surface area (Å²) in [6.07, 6.45) is 3.03. The van der Waals surface area contributed by atoms with E-state index in [1.54, 1.807) is 24.3 Å². The Labute approximate surface area is 185 Å². The molecule has 170 valence electrons. The number of ether oxygens (including phenoxy) is 3. The maximum absolute atomic E-state index is 12.8. The van der Waals surface area contributed by atoms with E-state index in [4.69, 9.17) is 14.2 Å². The first kappa shape index (κ1) is 22.9.